The molecule has 3 aromatic rings. The SMILES string of the molecule is Cc1cc(C)c2cc(CN(CCN3CCOCC3)C(=S)N[C@H](C)c3ccccc3)c(=O)[nH]c2c1. The standard InChI is InChI=1S/C27H34N4O2S/c1-19-15-20(2)24-17-23(26(32)29-25(24)16-19)18-31(10-9-30-11-13-33-14-12-30)27(34)28-21(3)22-7-5-4-6-8-22/h4-8,15-17,21H,9-14,18H2,1-3H3,(H,28,34)(H,29,32)/t21-/m1/s1. The van der Waals surface area contributed by atoms with E-state index >= 15 is 0 Å². The third kappa shape index (κ3) is 6.03. The Balaban J connectivity index is 1.56. The summed E-state index contributed by atoms with van der Waals surface area (Å²) in [5, 5.41) is 5.21. The highest BCUT2D eigenvalue weighted by atomic mass is 32.1. The van der Waals surface area contributed by atoms with Gasteiger partial charge in [0.2, 0.25) is 0 Å². The van der Waals surface area contributed by atoms with E-state index in [9.17, 15) is 4.79 Å². The number of aromatic amines is 1. The highest BCUT2D eigenvalue weighted by Gasteiger charge is 2.18. The Bertz CT molecular complexity index is 1190. The van der Waals surface area contributed by atoms with Gasteiger partial charge in [-0.2, -0.15) is 0 Å². The minimum Gasteiger partial charge on any atom is -0.379 e. The molecule has 0 radical (unpaired) electrons. The summed E-state index contributed by atoms with van der Waals surface area (Å²) in [4.78, 5) is 20.6. The number of hydrogen-bond acceptors (Lipinski definition) is 4. The smallest absolute Gasteiger partial charge is 0.253 e. The minimum absolute atomic E-state index is 0.0622. The highest BCUT2D eigenvalue weighted by Crippen LogP contribution is 2.19. The van der Waals surface area contributed by atoms with Crippen molar-refractivity contribution in [1.82, 2.24) is 20.1 Å². The maximum absolute atomic E-state index is 13.0. The van der Waals surface area contributed by atoms with Crippen molar-refractivity contribution in [2.75, 3.05) is 39.4 Å². The van der Waals surface area contributed by atoms with Crippen molar-refractivity contribution in [3.63, 3.8) is 0 Å². The number of benzene rings is 2. The first kappa shape index (κ1) is 24.4. The molecule has 0 bridgehead atoms. The van der Waals surface area contributed by atoms with Gasteiger partial charge in [0, 0.05) is 42.6 Å². The first-order chi connectivity index (χ1) is 16.4. The van der Waals surface area contributed by atoms with E-state index in [1.54, 1.807) is 0 Å². The van der Waals surface area contributed by atoms with E-state index in [1.165, 1.54) is 5.56 Å². The minimum atomic E-state index is -0.0622. The van der Waals surface area contributed by atoms with Gasteiger partial charge in [-0.3, -0.25) is 9.69 Å². The summed E-state index contributed by atoms with van der Waals surface area (Å²) < 4.78 is 5.49. The average molecular weight is 479 g/mol. The summed E-state index contributed by atoms with van der Waals surface area (Å²) in [5.41, 5.74) is 5.01. The van der Waals surface area contributed by atoms with Crippen LogP contribution in [0, 0.1) is 13.8 Å². The second kappa shape index (κ2) is 11.1. The number of rotatable bonds is 7. The molecule has 1 saturated heterocycles. The quantitative estimate of drug-likeness (QED) is 0.502. The lowest BCUT2D eigenvalue weighted by Crippen LogP contribution is -2.46. The highest BCUT2D eigenvalue weighted by molar-refractivity contribution is 7.80. The molecule has 2 aromatic carbocycles. The second-order valence-corrected chi connectivity index (χ2v) is 9.51. The van der Waals surface area contributed by atoms with Crippen LogP contribution in [-0.4, -0.2) is 59.3 Å². The molecule has 6 nitrogen and oxygen atoms in total. The molecule has 2 heterocycles. The number of nitrogens with zero attached hydrogens (tertiary/aromatic N) is 2. The Kier molecular flexibility index (Phi) is 7.98. The molecule has 1 aliphatic heterocycles. The molecule has 0 saturated carbocycles. The molecule has 180 valence electrons. The zero-order valence-electron chi connectivity index (χ0n) is 20.3. The number of hydrogen-bond donors (Lipinski definition) is 2. The van der Waals surface area contributed by atoms with Gasteiger partial charge < -0.3 is 19.9 Å². The molecule has 0 amide bonds. The molecule has 0 aliphatic carbocycles. The maximum atomic E-state index is 13.0. The summed E-state index contributed by atoms with van der Waals surface area (Å²) in [6, 6.07) is 16.5. The molecule has 1 aromatic heterocycles. The lowest BCUT2D eigenvalue weighted by atomic mass is 10.0. The van der Waals surface area contributed by atoms with Gasteiger partial charge in [0.25, 0.3) is 5.56 Å². The molecule has 2 N–H and O–H groups in total. The zero-order chi connectivity index (χ0) is 24.1. The monoisotopic (exact) mass is 478 g/mol. The van der Waals surface area contributed by atoms with Gasteiger partial charge in [-0.25, -0.2) is 0 Å². The summed E-state index contributed by atoms with van der Waals surface area (Å²) in [5.74, 6) is 0. The van der Waals surface area contributed by atoms with Crippen LogP contribution < -0.4 is 10.9 Å². The molecule has 1 aliphatic rings. The Morgan fingerprint density at radius 3 is 2.65 bits per heavy atom. The van der Waals surface area contributed by atoms with Crippen molar-refractivity contribution in [1.29, 1.82) is 0 Å². The first-order valence-corrected chi connectivity index (χ1v) is 12.3. The largest absolute Gasteiger partial charge is 0.379 e. The van der Waals surface area contributed by atoms with E-state index in [1.807, 2.05) is 37.3 Å². The van der Waals surface area contributed by atoms with Crippen LogP contribution in [0.1, 0.15) is 35.2 Å². The molecule has 4 rings (SSSR count). The fraction of sp³-hybridized carbons (Fsp3) is 0.407. The molecule has 1 fully saturated rings. The maximum Gasteiger partial charge on any atom is 0.253 e. The van der Waals surface area contributed by atoms with E-state index in [-0.39, 0.29) is 11.6 Å². The van der Waals surface area contributed by atoms with Crippen LogP contribution in [0.5, 0.6) is 0 Å². The normalized spacial score (nSPS) is 15.3. The van der Waals surface area contributed by atoms with Crippen molar-refractivity contribution in [3.8, 4) is 0 Å². The molecule has 1 atom stereocenters. The van der Waals surface area contributed by atoms with Crippen molar-refractivity contribution < 1.29 is 4.74 Å². The van der Waals surface area contributed by atoms with Gasteiger partial charge >= 0.3 is 0 Å². The van der Waals surface area contributed by atoms with E-state index in [2.05, 4.69) is 52.1 Å². The number of morpholine rings is 1. The molecular formula is C27H34N4O2S. The summed E-state index contributed by atoms with van der Waals surface area (Å²) in [6.07, 6.45) is 0. The number of aryl methyl sites for hydroxylation is 2. The van der Waals surface area contributed by atoms with Crippen molar-refractivity contribution in [2.24, 2.45) is 0 Å². The number of aromatic nitrogens is 1. The summed E-state index contributed by atoms with van der Waals surface area (Å²) >= 11 is 5.86. The average Bonchev–Trinajstić information content (AvgIpc) is 2.83. The molecule has 0 unspecified atom stereocenters. The van der Waals surface area contributed by atoms with Gasteiger partial charge in [-0.15, -0.1) is 0 Å². The number of pyridine rings is 1. The van der Waals surface area contributed by atoms with Crippen LogP contribution in [0.25, 0.3) is 10.9 Å². The van der Waals surface area contributed by atoms with Crippen LogP contribution >= 0.6 is 12.2 Å². The van der Waals surface area contributed by atoms with E-state index in [0.29, 0.717) is 11.7 Å². The lowest BCUT2D eigenvalue weighted by molar-refractivity contribution is 0.0357. The molecule has 0 spiro atoms. The van der Waals surface area contributed by atoms with Gasteiger partial charge in [-0.1, -0.05) is 36.4 Å². The second-order valence-electron chi connectivity index (χ2n) is 9.12. The van der Waals surface area contributed by atoms with E-state index < -0.39 is 0 Å². The first-order valence-electron chi connectivity index (χ1n) is 11.9. The van der Waals surface area contributed by atoms with E-state index in [0.717, 1.165) is 67.0 Å². The van der Waals surface area contributed by atoms with Crippen molar-refractivity contribution >= 4 is 28.2 Å². The van der Waals surface area contributed by atoms with Crippen molar-refractivity contribution in [2.45, 2.75) is 33.4 Å². The third-order valence-corrected chi connectivity index (χ3v) is 6.84. The van der Waals surface area contributed by atoms with Gasteiger partial charge in [0.05, 0.1) is 25.8 Å². The number of nitrogens with one attached hydrogen (secondary N) is 2. The predicted molar refractivity (Wildman–Crippen MR) is 142 cm³/mol. The summed E-state index contributed by atoms with van der Waals surface area (Å²) in [6.45, 7) is 11.7. The van der Waals surface area contributed by atoms with Gasteiger partial charge in [0.1, 0.15) is 0 Å². The summed E-state index contributed by atoms with van der Waals surface area (Å²) in [7, 11) is 0. The number of fused-ring (bicyclic) bond motifs is 1. The number of thiocarbonyl (C=S) groups is 1. The predicted octanol–water partition coefficient (Wildman–Crippen LogP) is 3.91. The van der Waals surface area contributed by atoms with Crippen molar-refractivity contribution in [3.05, 3.63) is 81.1 Å². The Morgan fingerprint density at radius 1 is 1.18 bits per heavy atom. The Labute approximate surface area is 206 Å². The van der Waals surface area contributed by atoms with E-state index in [4.69, 9.17) is 17.0 Å². The van der Waals surface area contributed by atoms with Crippen LogP contribution in [-0.2, 0) is 11.3 Å². The Hall–Kier alpha value is -2.74. The van der Waals surface area contributed by atoms with Gasteiger partial charge in [0.15, 0.2) is 5.11 Å². The zero-order valence-corrected chi connectivity index (χ0v) is 21.1. The fourth-order valence-corrected chi connectivity index (χ4v) is 4.81. The Morgan fingerprint density at radius 2 is 1.91 bits per heavy atom. The van der Waals surface area contributed by atoms with Crippen LogP contribution in [0.3, 0.4) is 0 Å². The molecule has 7 heteroatoms. The molecule has 34 heavy (non-hydrogen) atoms. The lowest BCUT2D eigenvalue weighted by Gasteiger charge is -2.32. The number of H-pyrrole nitrogens is 1. The van der Waals surface area contributed by atoms with Gasteiger partial charge in [-0.05, 0) is 61.8 Å². The molecular weight excluding hydrogens is 444 g/mol. The fourth-order valence-electron chi connectivity index (χ4n) is 4.48. The van der Waals surface area contributed by atoms with Crippen LogP contribution in [0.15, 0.2) is 53.3 Å². The number of ether oxygens (including phenoxy) is 1. The van der Waals surface area contributed by atoms with Crippen LogP contribution in [0.4, 0.5) is 0 Å². The topological polar surface area (TPSA) is 60.6 Å². The third-order valence-electron chi connectivity index (χ3n) is 6.47. The van der Waals surface area contributed by atoms with Crippen LogP contribution in [0.2, 0.25) is 0 Å².